The van der Waals surface area contributed by atoms with Crippen molar-refractivity contribution in [2.24, 2.45) is 0 Å². The van der Waals surface area contributed by atoms with E-state index in [1.54, 1.807) is 6.08 Å². The van der Waals surface area contributed by atoms with Gasteiger partial charge < -0.3 is 5.11 Å². The number of allylic oxidation sites excluding steroid dienone is 1. The number of hydrogen-bond donors (Lipinski definition) is 1. The summed E-state index contributed by atoms with van der Waals surface area (Å²) in [5.41, 5.74) is 0. The molecule has 0 aliphatic rings. The molecular formula is C5H9FO. The quantitative estimate of drug-likeness (QED) is 0.527. The van der Waals surface area contributed by atoms with Gasteiger partial charge in [0.15, 0.2) is 0 Å². The summed E-state index contributed by atoms with van der Waals surface area (Å²) in [6.45, 7) is -0.323. The smallest absolute Gasteiger partial charge is 0.0928 e. The normalized spacial score (nSPS) is 10.6. The van der Waals surface area contributed by atoms with E-state index >= 15 is 0 Å². The molecule has 0 bridgehead atoms. The SMILES string of the molecule is OC/C=C/CCF. The van der Waals surface area contributed by atoms with Crippen molar-refractivity contribution in [3.8, 4) is 0 Å². The van der Waals surface area contributed by atoms with Gasteiger partial charge in [-0.1, -0.05) is 12.2 Å². The Bertz CT molecular complexity index is 52.0. The van der Waals surface area contributed by atoms with Crippen LogP contribution in [0.1, 0.15) is 6.42 Å². The highest BCUT2D eigenvalue weighted by Crippen LogP contribution is 1.80. The van der Waals surface area contributed by atoms with Gasteiger partial charge in [0.25, 0.3) is 0 Å². The third kappa shape index (κ3) is 5.63. The van der Waals surface area contributed by atoms with Gasteiger partial charge in [-0.25, -0.2) is 0 Å². The Hall–Kier alpha value is -0.370. The molecule has 0 aromatic carbocycles. The van der Waals surface area contributed by atoms with E-state index in [2.05, 4.69) is 0 Å². The average Bonchev–Trinajstić information content (AvgIpc) is 1.69. The molecule has 0 aromatic heterocycles. The van der Waals surface area contributed by atoms with Crippen LogP contribution in [0.5, 0.6) is 0 Å². The molecule has 2 heteroatoms. The van der Waals surface area contributed by atoms with Crippen LogP contribution in [0.4, 0.5) is 4.39 Å². The maximum atomic E-state index is 11.2. The van der Waals surface area contributed by atoms with Gasteiger partial charge >= 0.3 is 0 Å². The molecule has 1 N–H and O–H groups in total. The van der Waals surface area contributed by atoms with Crippen LogP contribution in [0.3, 0.4) is 0 Å². The van der Waals surface area contributed by atoms with Crippen molar-refractivity contribution in [1.82, 2.24) is 0 Å². The average molecular weight is 104 g/mol. The molecule has 0 saturated carbocycles. The molecule has 42 valence electrons. The van der Waals surface area contributed by atoms with Gasteiger partial charge in [0, 0.05) is 0 Å². The lowest BCUT2D eigenvalue weighted by atomic mass is 10.4. The second kappa shape index (κ2) is 5.63. The van der Waals surface area contributed by atoms with Crippen molar-refractivity contribution in [1.29, 1.82) is 0 Å². The fourth-order valence-corrected chi connectivity index (χ4v) is 0.255. The number of aliphatic hydroxyl groups excluding tert-OH is 1. The summed E-state index contributed by atoms with van der Waals surface area (Å²) in [5, 5.41) is 8.08. The third-order valence-electron chi connectivity index (χ3n) is 0.548. The molecule has 0 aliphatic heterocycles. The first-order valence-corrected chi connectivity index (χ1v) is 2.23. The Labute approximate surface area is 42.5 Å². The summed E-state index contributed by atoms with van der Waals surface area (Å²) in [6.07, 6.45) is 3.56. The molecule has 0 aromatic rings. The lowest BCUT2D eigenvalue weighted by Gasteiger charge is -1.77. The van der Waals surface area contributed by atoms with Crippen LogP contribution in [0.15, 0.2) is 12.2 Å². The number of rotatable bonds is 3. The van der Waals surface area contributed by atoms with Crippen molar-refractivity contribution in [2.45, 2.75) is 6.42 Å². The fourth-order valence-electron chi connectivity index (χ4n) is 0.255. The molecule has 0 rings (SSSR count). The van der Waals surface area contributed by atoms with Crippen LogP contribution in [0, 0.1) is 0 Å². The molecule has 0 radical (unpaired) electrons. The molecule has 0 unspecified atom stereocenters. The number of alkyl halides is 1. The van der Waals surface area contributed by atoms with Gasteiger partial charge in [0.2, 0.25) is 0 Å². The second-order valence-corrected chi connectivity index (χ2v) is 1.13. The molecule has 0 fully saturated rings. The van der Waals surface area contributed by atoms with Gasteiger partial charge in [-0.15, -0.1) is 0 Å². The van der Waals surface area contributed by atoms with E-state index in [4.69, 9.17) is 5.11 Å². The molecule has 0 saturated heterocycles. The summed E-state index contributed by atoms with van der Waals surface area (Å²) in [4.78, 5) is 0. The first kappa shape index (κ1) is 6.63. The van der Waals surface area contributed by atoms with Crippen LogP contribution in [0.25, 0.3) is 0 Å². The molecule has 0 aliphatic carbocycles. The van der Waals surface area contributed by atoms with Crippen molar-refractivity contribution in [3.63, 3.8) is 0 Å². The molecular weight excluding hydrogens is 95.1 g/mol. The van der Waals surface area contributed by atoms with Crippen LogP contribution in [-0.4, -0.2) is 18.4 Å². The molecule has 0 amide bonds. The lowest BCUT2D eigenvalue weighted by Crippen LogP contribution is -1.72. The fraction of sp³-hybridized carbons (Fsp3) is 0.600. The van der Waals surface area contributed by atoms with E-state index in [0.717, 1.165) is 0 Å². The zero-order chi connectivity index (χ0) is 5.54. The van der Waals surface area contributed by atoms with Crippen LogP contribution in [0.2, 0.25) is 0 Å². The van der Waals surface area contributed by atoms with E-state index in [0.29, 0.717) is 6.42 Å². The van der Waals surface area contributed by atoms with E-state index < -0.39 is 0 Å². The van der Waals surface area contributed by atoms with E-state index in [-0.39, 0.29) is 13.3 Å². The first-order chi connectivity index (χ1) is 3.41. The topological polar surface area (TPSA) is 20.2 Å². The molecule has 7 heavy (non-hydrogen) atoms. The highest BCUT2D eigenvalue weighted by molar-refractivity contribution is 4.79. The molecule has 0 heterocycles. The van der Waals surface area contributed by atoms with Gasteiger partial charge in [0.05, 0.1) is 13.3 Å². The predicted molar refractivity (Wildman–Crippen MR) is 26.8 cm³/mol. The van der Waals surface area contributed by atoms with E-state index in [1.807, 2.05) is 0 Å². The summed E-state index contributed by atoms with van der Waals surface area (Å²) < 4.78 is 11.2. The summed E-state index contributed by atoms with van der Waals surface area (Å²) in [5.74, 6) is 0. The van der Waals surface area contributed by atoms with Gasteiger partial charge in [-0.3, -0.25) is 4.39 Å². The van der Waals surface area contributed by atoms with Gasteiger partial charge in [-0.05, 0) is 6.42 Å². The number of hydrogen-bond acceptors (Lipinski definition) is 1. The van der Waals surface area contributed by atoms with E-state index in [9.17, 15) is 4.39 Å². The summed E-state index contributed by atoms with van der Waals surface area (Å²) in [6, 6.07) is 0. The predicted octanol–water partition coefficient (Wildman–Crippen LogP) is 0.895. The number of aliphatic hydroxyl groups is 1. The Morgan fingerprint density at radius 1 is 1.43 bits per heavy atom. The standard InChI is InChI=1S/C5H9FO/c6-4-2-1-3-5-7/h1,3,7H,2,4-5H2/b3-1+. The highest BCUT2D eigenvalue weighted by Gasteiger charge is 1.71. The maximum absolute atomic E-state index is 11.2. The first-order valence-electron chi connectivity index (χ1n) is 2.23. The zero-order valence-electron chi connectivity index (χ0n) is 4.10. The minimum atomic E-state index is -0.337. The molecule has 1 nitrogen and oxygen atoms in total. The third-order valence-corrected chi connectivity index (χ3v) is 0.548. The minimum Gasteiger partial charge on any atom is -0.392 e. The second-order valence-electron chi connectivity index (χ2n) is 1.13. The molecule has 0 atom stereocenters. The van der Waals surface area contributed by atoms with Crippen molar-refractivity contribution >= 4 is 0 Å². The van der Waals surface area contributed by atoms with Crippen molar-refractivity contribution < 1.29 is 9.50 Å². The monoisotopic (exact) mass is 104 g/mol. The Morgan fingerprint density at radius 3 is 2.57 bits per heavy atom. The zero-order valence-corrected chi connectivity index (χ0v) is 4.10. The Balaban J connectivity index is 2.78. The number of halogens is 1. The van der Waals surface area contributed by atoms with Gasteiger partial charge in [0.1, 0.15) is 0 Å². The summed E-state index contributed by atoms with van der Waals surface area (Å²) in [7, 11) is 0. The largest absolute Gasteiger partial charge is 0.392 e. The van der Waals surface area contributed by atoms with Gasteiger partial charge in [-0.2, -0.15) is 0 Å². The minimum absolute atomic E-state index is 0.0139. The van der Waals surface area contributed by atoms with Crippen LogP contribution >= 0.6 is 0 Å². The summed E-state index contributed by atoms with van der Waals surface area (Å²) >= 11 is 0. The lowest BCUT2D eigenvalue weighted by molar-refractivity contribution is 0.342. The Morgan fingerprint density at radius 2 is 2.14 bits per heavy atom. The van der Waals surface area contributed by atoms with Crippen molar-refractivity contribution in [2.75, 3.05) is 13.3 Å². The van der Waals surface area contributed by atoms with Crippen LogP contribution in [-0.2, 0) is 0 Å². The van der Waals surface area contributed by atoms with E-state index in [1.165, 1.54) is 6.08 Å². The van der Waals surface area contributed by atoms with Crippen molar-refractivity contribution in [3.05, 3.63) is 12.2 Å². The highest BCUT2D eigenvalue weighted by atomic mass is 19.1. The Kier molecular flexibility index (Phi) is 5.33. The molecule has 0 spiro atoms. The van der Waals surface area contributed by atoms with Crippen LogP contribution < -0.4 is 0 Å². The maximum Gasteiger partial charge on any atom is 0.0928 e.